The lowest BCUT2D eigenvalue weighted by Gasteiger charge is -2.36. The van der Waals surface area contributed by atoms with Gasteiger partial charge >= 0.3 is 0 Å². The number of aromatic nitrogens is 2. The molecule has 0 radical (unpaired) electrons. The lowest BCUT2D eigenvalue weighted by Crippen LogP contribution is -2.39. The molecule has 5 nitrogen and oxygen atoms in total. The van der Waals surface area contributed by atoms with Crippen molar-refractivity contribution < 1.29 is 0 Å². The highest BCUT2D eigenvalue weighted by atomic mass is 15.2. The van der Waals surface area contributed by atoms with Crippen LogP contribution in [0.25, 0.3) is 0 Å². The van der Waals surface area contributed by atoms with Crippen molar-refractivity contribution in [3.8, 4) is 0 Å². The van der Waals surface area contributed by atoms with Crippen molar-refractivity contribution in [3.05, 3.63) is 6.07 Å². The van der Waals surface area contributed by atoms with E-state index >= 15 is 0 Å². The standard InChI is InChI=1S/C14H25N5/c1-3-8-16-12-10-13(18-14(15)17-12)19-9-6-5-7-11(19)4-2/h10-11H,3-9H2,1-2H3,(H3,15,16,17,18). The summed E-state index contributed by atoms with van der Waals surface area (Å²) in [6, 6.07) is 2.61. The number of hydrogen-bond donors (Lipinski definition) is 2. The van der Waals surface area contributed by atoms with Gasteiger partial charge in [-0.1, -0.05) is 13.8 Å². The summed E-state index contributed by atoms with van der Waals surface area (Å²) in [6.45, 7) is 6.36. The van der Waals surface area contributed by atoms with Gasteiger partial charge in [-0.3, -0.25) is 0 Å². The van der Waals surface area contributed by atoms with E-state index in [9.17, 15) is 0 Å². The maximum Gasteiger partial charge on any atom is 0.223 e. The fourth-order valence-electron chi connectivity index (χ4n) is 2.67. The monoisotopic (exact) mass is 263 g/mol. The molecule has 1 aromatic rings. The minimum absolute atomic E-state index is 0.358. The molecule has 106 valence electrons. The third-order valence-electron chi connectivity index (χ3n) is 3.68. The zero-order valence-electron chi connectivity index (χ0n) is 12.0. The van der Waals surface area contributed by atoms with E-state index in [0.29, 0.717) is 12.0 Å². The zero-order valence-corrected chi connectivity index (χ0v) is 12.0. The number of nitrogens with one attached hydrogen (secondary N) is 1. The number of piperidine rings is 1. The molecule has 1 saturated heterocycles. The van der Waals surface area contributed by atoms with Crippen LogP contribution < -0.4 is 16.0 Å². The van der Waals surface area contributed by atoms with E-state index in [0.717, 1.165) is 37.6 Å². The fourth-order valence-corrected chi connectivity index (χ4v) is 2.67. The molecule has 0 saturated carbocycles. The van der Waals surface area contributed by atoms with Crippen molar-refractivity contribution in [3.63, 3.8) is 0 Å². The Morgan fingerprint density at radius 1 is 1.37 bits per heavy atom. The van der Waals surface area contributed by atoms with Crippen LogP contribution in [0.1, 0.15) is 46.0 Å². The van der Waals surface area contributed by atoms with Gasteiger partial charge in [-0.15, -0.1) is 0 Å². The molecule has 1 fully saturated rings. The average Bonchev–Trinajstić information content (AvgIpc) is 2.44. The van der Waals surface area contributed by atoms with E-state index in [-0.39, 0.29) is 0 Å². The highest BCUT2D eigenvalue weighted by molar-refractivity contribution is 5.53. The van der Waals surface area contributed by atoms with Gasteiger partial charge in [-0.05, 0) is 32.1 Å². The van der Waals surface area contributed by atoms with Gasteiger partial charge in [-0.25, -0.2) is 0 Å². The Bertz CT molecular complexity index is 407. The Hall–Kier alpha value is -1.52. The first-order valence-electron chi connectivity index (χ1n) is 7.39. The third kappa shape index (κ3) is 3.49. The molecule has 0 bridgehead atoms. The molecular formula is C14H25N5. The Morgan fingerprint density at radius 2 is 2.21 bits per heavy atom. The van der Waals surface area contributed by atoms with Crippen LogP contribution in [0.15, 0.2) is 6.07 Å². The van der Waals surface area contributed by atoms with Crippen LogP contribution in [0.4, 0.5) is 17.6 Å². The van der Waals surface area contributed by atoms with Crippen LogP contribution in [-0.2, 0) is 0 Å². The number of anilines is 3. The Morgan fingerprint density at radius 3 is 2.95 bits per heavy atom. The maximum absolute atomic E-state index is 5.84. The van der Waals surface area contributed by atoms with Crippen LogP contribution >= 0.6 is 0 Å². The lowest BCUT2D eigenvalue weighted by atomic mass is 10.0. The average molecular weight is 263 g/mol. The summed E-state index contributed by atoms with van der Waals surface area (Å²) in [5.74, 6) is 2.17. The van der Waals surface area contributed by atoms with Gasteiger partial charge in [0.25, 0.3) is 0 Å². The molecule has 1 unspecified atom stereocenters. The Balaban J connectivity index is 2.19. The largest absolute Gasteiger partial charge is 0.370 e. The summed E-state index contributed by atoms with van der Waals surface area (Å²) >= 11 is 0. The Labute approximate surface area is 115 Å². The summed E-state index contributed by atoms with van der Waals surface area (Å²) in [5.41, 5.74) is 5.84. The van der Waals surface area contributed by atoms with Crippen LogP contribution in [0.2, 0.25) is 0 Å². The molecule has 2 rings (SSSR count). The minimum Gasteiger partial charge on any atom is -0.370 e. The summed E-state index contributed by atoms with van der Waals surface area (Å²) in [6.07, 6.45) is 6.02. The van der Waals surface area contributed by atoms with Crippen molar-refractivity contribution in [2.45, 2.75) is 52.0 Å². The van der Waals surface area contributed by atoms with E-state index in [1.807, 2.05) is 6.07 Å². The molecule has 0 spiro atoms. The number of rotatable bonds is 5. The van der Waals surface area contributed by atoms with Gasteiger partial charge in [0.05, 0.1) is 0 Å². The van der Waals surface area contributed by atoms with E-state index < -0.39 is 0 Å². The topological polar surface area (TPSA) is 67.1 Å². The van der Waals surface area contributed by atoms with Gasteiger partial charge in [0.2, 0.25) is 5.95 Å². The van der Waals surface area contributed by atoms with Crippen LogP contribution in [0.5, 0.6) is 0 Å². The van der Waals surface area contributed by atoms with E-state index in [1.165, 1.54) is 19.3 Å². The predicted octanol–water partition coefficient (Wildman–Crippen LogP) is 2.65. The summed E-state index contributed by atoms with van der Waals surface area (Å²) in [5, 5.41) is 3.29. The second-order valence-electron chi connectivity index (χ2n) is 5.15. The van der Waals surface area contributed by atoms with Crippen LogP contribution in [0, 0.1) is 0 Å². The van der Waals surface area contributed by atoms with Crippen LogP contribution in [0.3, 0.4) is 0 Å². The van der Waals surface area contributed by atoms with E-state index in [2.05, 4.69) is 34.0 Å². The predicted molar refractivity (Wildman–Crippen MR) is 80.5 cm³/mol. The highest BCUT2D eigenvalue weighted by Gasteiger charge is 2.22. The third-order valence-corrected chi connectivity index (χ3v) is 3.68. The summed E-state index contributed by atoms with van der Waals surface area (Å²) < 4.78 is 0. The van der Waals surface area contributed by atoms with E-state index in [1.54, 1.807) is 0 Å². The van der Waals surface area contributed by atoms with Gasteiger partial charge in [0.1, 0.15) is 11.6 Å². The SMILES string of the molecule is CCCNc1cc(N2CCCCC2CC)nc(N)n1. The smallest absolute Gasteiger partial charge is 0.223 e. The fraction of sp³-hybridized carbons (Fsp3) is 0.714. The van der Waals surface area contributed by atoms with Crippen molar-refractivity contribution in [1.29, 1.82) is 0 Å². The lowest BCUT2D eigenvalue weighted by molar-refractivity contribution is 0.447. The van der Waals surface area contributed by atoms with E-state index in [4.69, 9.17) is 5.73 Å². The highest BCUT2D eigenvalue weighted by Crippen LogP contribution is 2.26. The van der Waals surface area contributed by atoms with Crippen molar-refractivity contribution in [1.82, 2.24) is 9.97 Å². The molecule has 0 aliphatic carbocycles. The summed E-state index contributed by atoms with van der Waals surface area (Å²) in [4.78, 5) is 11.0. The first kappa shape index (κ1) is 13.9. The molecule has 1 aliphatic heterocycles. The molecule has 0 amide bonds. The normalized spacial score (nSPS) is 19.5. The summed E-state index contributed by atoms with van der Waals surface area (Å²) in [7, 11) is 0. The van der Waals surface area contributed by atoms with Gasteiger partial charge in [0, 0.05) is 25.2 Å². The number of hydrogen-bond acceptors (Lipinski definition) is 5. The second kappa shape index (κ2) is 6.59. The van der Waals surface area contributed by atoms with Gasteiger partial charge in [-0.2, -0.15) is 9.97 Å². The first-order valence-corrected chi connectivity index (χ1v) is 7.39. The molecular weight excluding hydrogens is 238 g/mol. The van der Waals surface area contributed by atoms with Gasteiger partial charge < -0.3 is 16.0 Å². The molecule has 1 aliphatic rings. The van der Waals surface area contributed by atoms with Crippen molar-refractivity contribution in [2.24, 2.45) is 0 Å². The maximum atomic E-state index is 5.84. The quantitative estimate of drug-likeness (QED) is 0.855. The van der Waals surface area contributed by atoms with Crippen molar-refractivity contribution in [2.75, 3.05) is 29.0 Å². The molecule has 5 heteroatoms. The first-order chi connectivity index (χ1) is 9.24. The molecule has 19 heavy (non-hydrogen) atoms. The molecule has 1 aromatic heterocycles. The number of nitrogens with two attached hydrogens (primary N) is 1. The molecule has 1 atom stereocenters. The Kier molecular flexibility index (Phi) is 4.82. The van der Waals surface area contributed by atoms with Gasteiger partial charge in [0.15, 0.2) is 0 Å². The molecule has 3 N–H and O–H groups in total. The second-order valence-corrected chi connectivity index (χ2v) is 5.15. The van der Waals surface area contributed by atoms with Crippen molar-refractivity contribution >= 4 is 17.6 Å². The zero-order chi connectivity index (χ0) is 13.7. The molecule has 2 heterocycles. The number of nitrogens with zero attached hydrogens (tertiary/aromatic N) is 3. The van der Waals surface area contributed by atoms with Crippen LogP contribution in [-0.4, -0.2) is 29.1 Å². The minimum atomic E-state index is 0.358. The molecule has 0 aromatic carbocycles. The number of nitrogen functional groups attached to an aromatic ring is 1.